The van der Waals surface area contributed by atoms with Crippen LogP contribution in [0.2, 0.25) is 0 Å². The highest BCUT2D eigenvalue weighted by Crippen LogP contribution is 2.29. The van der Waals surface area contributed by atoms with Gasteiger partial charge in [0.15, 0.2) is 11.5 Å². The fourth-order valence-electron chi connectivity index (χ4n) is 6.85. The van der Waals surface area contributed by atoms with E-state index in [-0.39, 0.29) is 0 Å². The van der Waals surface area contributed by atoms with E-state index in [1.54, 1.807) is 0 Å². The molecule has 0 saturated carbocycles. The van der Waals surface area contributed by atoms with Crippen molar-refractivity contribution in [2.24, 2.45) is 0 Å². The van der Waals surface area contributed by atoms with E-state index in [0.717, 1.165) is 30.6 Å². The molecule has 3 heteroatoms. The van der Waals surface area contributed by atoms with Crippen LogP contribution in [0.5, 0.6) is 11.5 Å². The second-order valence-electron chi connectivity index (χ2n) is 14.8. The van der Waals surface area contributed by atoms with Crippen LogP contribution in [0.3, 0.4) is 0 Å². The molecule has 0 N–H and O–H groups in total. The standard InChI is InChI=1S/C45H82O3/c1-3-5-7-9-11-13-15-17-19-21-23-25-27-29-31-33-35-39-47-44-38-37-43(42-46)41-45(44)48-40-36-34-32-30-28-26-24-22-20-18-16-14-12-10-8-6-4-2/h37-38,41-42H,3-36,39-40H2,1-2H3. The van der Waals surface area contributed by atoms with Gasteiger partial charge in [0.25, 0.3) is 0 Å². The Morgan fingerprint density at radius 3 is 0.938 bits per heavy atom. The number of hydrogen-bond donors (Lipinski definition) is 0. The van der Waals surface area contributed by atoms with Gasteiger partial charge in [0.05, 0.1) is 13.2 Å². The van der Waals surface area contributed by atoms with Crippen LogP contribution in [-0.2, 0) is 0 Å². The van der Waals surface area contributed by atoms with Crippen LogP contribution in [0.4, 0.5) is 0 Å². The summed E-state index contributed by atoms with van der Waals surface area (Å²) in [7, 11) is 0. The lowest BCUT2D eigenvalue weighted by Crippen LogP contribution is -2.03. The van der Waals surface area contributed by atoms with E-state index in [9.17, 15) is 4.79 Å². The van der Waals surface area contributed by atoms with Gasteiger partial charge >= 0.3 is 0 Å². The van der Waals surface area contributed by atoms with Gasteiger partial charge in [0.1, 0.15) is 6.29 Å². The number of aldehydes is 1. The summed E-state index contributed by atoms with van der Waals surface area (Å²) in [6, 6.07) is 5.57. The quantitative estimate of drug-likeness (QED) is 0.0516. The molecule has 0 aromatic heterocycles. The molecule has 0 aliphatic carbocycles. The largest absolute Gasteiger partial charge is 0.490 e. The number of carbonyl (C=O) groups excluding carboxylic acids is 1. The van der Waals surface area contributed by atoms with E-state index in [1.165, 1.54) is 205 Å². The lowest BCUT2D eigenvalue weighted by Gasteiger charge is -2.13. The van der Waals surface area contributed by atoms with Gasteiger partial charge in [-0.1, -0.05) is 219 Å². The molecule has 0 heterocycles. The molecule has 0 amide bonds. The van der Waals surface area contributed by atoms with E-state index in [4.69, 9.17) is 9.47 Å². The number of unbranched alkanes of at least 4 members (excludes halogenated alkanes) is 32. The lowest BCUT2D eigenvalue weighted by atomic mass is 10.0. The topological polar surface area (TPSA) is 35.5 Å². The van der Waals surface area contributed by atoms with E-state index >= 15 is 0 Å². The van der Waals surface area contributed by atoms with Crippen LogP contribution in [-0.4, -0.2) is 19.5 Å². The number of ether oxygens (including phenoxy) is 2. The summed E-state index contributed by atoms with van der Waals surface area (Å²) in [5.41, 5.74) is 0.651. The van der Waals surface area contributed by atoms with Crippen LogP contribution in [0, 0.1) is 0 Å². The smallest absolute Gasteiger partial charge is 0.161 e. The highest BCUT2D eigenvalue weighted by atomic mass is 16.5. The predicted octanol–water partition coefficient (Wildman–Crippen LogP) is 15.6. The van der Waals surface area contributed by atoms with Crippen molar-refractivity contribution < 1.29 is 14.3 Å². The number of hydrogen-bond acceptors (Lipinski definition) is 3. The van der Waals surface area contributed by atoms with Gasteiger partial charge in [-0.05, 0) is 31.0 Å². The minimum atomic E-state index is 0.651. The predicted molar refractivity (Wildman–Crippen MR) is 211 cm³/mol. The second-order valence-corrected chi connectivity index (χ2v) is 14.8. The van der Waals surface area contributed by atoms with Crippen molar-refractivity contribution in [2.45, 2.75) is 232 Å². The second kappa shape index (κ2) is 36.8. The molecular formula is C45H82O3. The Morgan fingerprint density at radius 1 is 0.375 bits per heavy atom. The summed E-state index contributed by atoms with van der Waals surface area (Å²) >= 11 is 0. The molecule has 0 radical (unpaired) electrons. The van der Waals surface area contributed by atoms with Crippen LogP contribution < -0.4 is 9.47 Å². The molecule has 0 aliphatic heterocycles. The Bertz CT molecular complexity index is 790. The molecule has 1 aromatic rings. The zero-order valence-electron chi connectivity index (χ0n) is 32.5. The first-order valence-electron chi connectivity index (χ1n) is 21.7. The summed E-state index contributed by atoms with van der Waals surface area (Å²) in [5.74, 6) is 1.51. The third-order valence-electron chi connectivity index (χ3n) is 10.1. The van der Waals surface area contributed by atoms with Crippen molar-refractivity contribution >= 4 is 6.29 Å². The summed E-state index contributed by atoms with van der Waals surface area (Å²) in [6.07, 6.45) is 47.7. The van der Waals surface area contributed by atoms with Crippen LogP contribution >= 0.6 is 0 Å². The number of benzene rings is 1. The van der Waals surface area contributed by atoms with Gasteiger partial charge in [-0.15, -0.1) is 0 Å². The van der Waals surface area contributed by atoms with Crippen molar-refractivity contribution in [3.8, 4) is 11.5 Å². The fourth-order valence-corrected chi connectivity index (χ4v) is 6.85. The van der Waals surface area contributed by atoms with E-state index in [2.05, 4.69) is 13.8 Å². The molecular weight excluding hydrogens is 588 g/mol. The van der Waals surface area contributed by atoms with E-state index in [0.29, 0.717) is 18.8 Å². The molecule has 1 rings (SSSR count). The first-order chi connectivity index (χ1) is 23.8. The summed E-state index contributed by atoms with van der Waals surface area (Å²) in [5, 5.41) is 0. The SMILES string of the molecule is CCCCCCCCCCCCCCCCCCCOc1ccc(C=O)cc1OCCCCCCCCCCCCCCCCCCC. The Hall–Kier alpha value is -1.51. The Labute approximate surface area is 300 Å². The summed E-state index contributed by atoms with van der Waals surface area (Å²) in [6.45, 7) is 6.00. The zero-order valence-corrected chi connectivity index (χ0v) is 32.5. The molecule has 0 aliphatic rings. The molecule has 3 nitrogen and oxygen atoms in total. The molecule has 0 fully saturated rings. The van der Waals surface area contributed by atoms with Gasteiger partial charge in [-0.25, -0.2) is 0 Å². The average molecular weight is 671 g/mol. The van der Waals surface area contributed by atoms with Crippen molar-refractivity contribution in [2.75, 3.05) is 13.2 Å². The van der Waals surface area contributed by atoms with E-state index in [1.807, 2.05) is 18.2 Å². The molecule has 0 spiro atoms. The van der Waals surface area contributed by atoms with Crippen molar-refractivity contribution in [3.05, 3.63) is 23.8 Å². The molecule has 48 heavy (non-hydrogen) atoms. The Kier molecular flexibility index (Phi) is 34.1. The maximum absolute atomic E-state index is 11.3. The monoisotopic (exact) mass is 671 g/mol. The maximum atomic E-state index is 11.3. The van der Waals surface area contributed by atoms with Crippen LogP contribution in [0.15, 0.2) is 18.2 Å². The molecule has 280 valence electrons. The van der Waals surface area contributed by atoms with Gasteiger partial charge in [0, 0.05) is 5.56 Å². The minimum Gasteiger partial charge on any atom is -0.490 e. The van der Waals surface area contributed by atoms with Crippen molar-refractivity contribution in [3.63, 3.8) is 0 Å². The Balaban J connectivity index is 1.96. The Morgan fingerprint density at radius 2 is 0.646 bits per heavy atom. The maximum Gasteiger partial charge on any atom is 0.161 e. The van der Waals surface area contributed by atoms with Crippen molar-refractivity contribution in [1.29, 1.82) is 0 Å². The molecule has 0 saturated heterocycles. The highest BCUT2D eigenvalue weighted by Gasteiger charge is 2.07. The highest BCUT2D eigenvalue weighted by molar-refractivity contribution is 5.76. The van der Waals surface area contributed by atoms with Crippen LogP contribution in [0.25, 0.3) is 0 Å². The molecule has 1 aromatic carbocycles. The zero-order chi connectivity index (χ0) is 34.4. The third-order valence-corrected chi connectivity index (χ3v) is 10.1. The normalized spacial score (nSPS) is 11.3. The number of rotatable bonds is 39. The molecule has 0 atom stereocenters. The summed E-state index contributed by atoms with van der Waals surface area (Å²) in [4.78, 5) is 11.3. The number of carbonyl (C=O) groups is 1. The minimum absolute atomic E-state index is 0.651. The van der Waals surface area contributed by atoms with Gasteiger partial charge in [-0.2, -0.15) is 0 Å². The fraction of sp³-hybridized carbons (Fsp3) is 0.844. The van der Waals surface area contributed by atoms with Crippen molar-refractivity contribution in [1.82, 2.24) is 0 Å². The van der Waals surface area contributed by atoms with Gasteiger partial charge in [0.2, 0.25) is 0 Å². The molecule has 0 bridgehead atoms. The lowest BCUT2D eigenvalue weighted by molar-refractivity contribution is 0.112. The van der Waals surface area contributed by atoms with Gasteiger partial charge in [-0.3, -0.25) is 4.79 Å². The van der Waals surface area contributed by atoms with E-state index < -0.39 is 0 Å². The van der Waals surface area contributed by atoms with Crippen LogP contribution in [0.1, 0.15) is 243 Å². The summed E-state index contributed by atoms with van der Waals surface area (Å²) < 4.78 is 12.2. The average Bonchev–Trinajstić information content (AvgIpc) is 3.11. The first-order valence-corrected chi connectivity index (χ1v) is 21.7. The molecule has 0 unspecified atom stereocenters. The third kappa shape index (κ3) is 29.4. The first kappa shape index (κ1) is 44.5. The van der Waals surface area contributed by atoms with Gasteiger partial charge < -0.3 is 9.47 Å².